The van der Waals surface area contributed by atoms with Crippen LogP contribution in [0.3, 0.4) is 0 Å². The van der Waals surface area contributed by atoms with E-state index in [9.17, 15) is 4.79 Å². The molecule has 1 aromatic heterocycles. The van der Waals surface area contributed by atoms with Crippen molar-refractivity contribution < 1.29 is 4.79 Å². The minimum absolute atomic E-state index is 0.337. The number of ketones is 1. The Morgan fingerprint density at radius 3 is 3.00 bits per heavy atom. The van der Waals surface area contributed by atoms with Gasteiger partial charge in [-0.05, 0) is 43.6 Å². The zero-order chi connectivity index (χ0) is 10.7. The van der Waals surface area contributed by atoms with Crippen LogP contribution < -0.4 is 0 Å². The maximum absolute atomic E-state index is 11.8. The lowest BCUT2D eigenvalue weighted by molar-refractivity contribution is 0.0993. The van der Waals surface area contributed by atoms with E-state index in [2.05, 4.69) is 6.07 Å². The third kappa shape index (κ3) is 2.64. The maximum atomic E-state index is 11.8. The molecule has 0 N–H and O–H groups in total. The van der Waals surface area contributed by atoms with Crippen molar-refractivity contribution in [3.63, 3.8) is 0 Å². The van der Waals surface area contributed by atoms with E-state index in [1.54, 1.807) is 23.1 Å². The molecule has 82 valence electrons. The fraction of sp³-hybridized carbons (Fsp3) is 0.583. The Bertz CT molecular complexity index is 331. The lowest BCUT2D eigenvalue weighted by Crippen LogP contribution is -1.97. The lowest BCUT2D eigenvalue weighted by Gasteiger charge is -2.08. The third-order valence-electron chi connectivity index (χ3n) is 2.80. The zero-order valence-corrected chi connectivity index (χ0v) is 10.7. The van der Waals surface area contributed by atoms with E-state index in [0.717, 1.165) is 10.6 Å². The third-order valence-corrected chi connectivity index (χ3v) is 4.70. The molecule has 0 spiro atoms. The molecule has 0 bridgehead atoms. The summed E-state index contributed by atoms with van der Waals surface area (Å²) in [6, 6.07) is 2.14. The van der Waals surface area contributed by atoms with Gasteiger partial charge in [-0.25, -0.2) is 0 Å². The summed E-state index contributed by atoms with van der Waals surface area (Å²) in [6.07, 6.45) is 7.71. The monoisotopic (exact) mass is 240 g/mol. The van der Waals surface area contributed by atoms with Crippen LogP contribution in [-0.4, -0.2) is 17.8 Å². The predicted molar refractivity (Wildman–Crippen MR) is 68.3 cm³/mol. The predicted octanol–water partition coefficient (Wildman–Crippen LogP) is 3.56. The molecule has 3 heteroatoms. The van der Waals surface area contributed by atoms with Gasteiger partial charge in [0.25, 0.3) is 0 Å². The molecular weight excluding hydrogens is 224 g/mol. The Hall–Kier alpha value is -0.280. The van der Waals surface area contributed by atoms with Crippen molar-refractivity contribution in [1.29, 1.82) is 0 Å². The number of carbonyl (C=O) groups excluding carboxylic acids is 1. The van der Waals surface area contributed by atoms with Gasteiger partial charge in [-0.3, -0.25) is 4.79 Å². The average Bonchev–Trinajstić information content (AvgIpc) is 2.69. The molecule has 0 radical (unpaired) electrons. The van der Waals surface area contributed by atoms with Crippen LogP contribution >= 0.6 is 23.1 Å². The van der Waals surface area contributed by atoms with Gasteiger partial charge in [-0.2, -0.15) is 11.8 Å². The van der Waals surface area contributed by atoms with Crippen molar-refractivity contribution in [3.8, 4) is 0 Å². The molecule has 0 unspecified atom stereocenters. The molecule has 0 saturated heterocycles. The van der Waals surface area contributed by atoms with Crippen molar-refractivity contribution in [1.82, 2.24) is 0 Å². The number of rotatable bonds is 4. The highest BCUT2D eigenvalue weighted by Gasteiger charge is 2.16. The fourth-order valence-electron chi connectivity index (χ4n) is 1.95. The quantitative estimate of drug-likeness (QED) is 0.749. The number of thioether (sulfide) groups is 1. The van der Waals surface area contributed by atoms with Crippen molar-refractivity contribution in [3.05, 3.63) is 21.4 Å². The summed E-state index contributed by atoms with van der Waals surface area (Å²) < 4.78 is 0. The molecule has 0 aromatic carbocycles. The summed E-state index contributed by atoms with van der Waals surface area (Å²) >= 11 is 3.48. The highest BCUT2D eigenvalue weighted by Crippen LogP contribution is 2.30. The van der Waals surface area contributed by atoms with Crippen LogP contribution in [0, 0.1) is 0 Å². The second-order valence-electron chi connectivity index (χ2n) is 3.93. The Kier molecular flexibility index (Phi) is 3.87. The van der Waals surface area contributed by atoms with E-state index in [1.165, 1.54) is 36.1 Å². The van der Waals surface area contributed by atoms with E-state index >= 15 is 0 Å². The molecule has 0 amide bonds. The van der Waals surface area contributed by atoms with Crippen LogP contribution in [-0.2, 0) is 12.8 Å². The molecule has 0 atom stereocenters. The average molecular weight is 240 g/mol. The molecule has 1 nitrogen and oxygen atoms in total. The van der Waals surface area contributed by atoms with Crippen molar-refractivity contribution in [2.75, 3.05) is 12.0 Å². The van der Waals surface area contributed by atoms with E-state index in [1.807, 2.05) is 6.26 Å². The molecule has 1 aromatic rings. The molecule has 0 aliphatic heterocycles. The van der Waals surface area contributed by atoms with Gasteiger partial charge in [0.2, 0.25) is 0 Å². The van der Waals surface area contributed by atoms with Crippen LogP contribution in [0.2, 0.25) is 0 Å². The Balaban J connectivity index is 2.08. The van der Waals surface area contributed by atoms with Gasteiger partial charge in [0, 0.05) is 17.1 Å². The summed E-state index contributed by atoms with van der Waals surface area (Å²) in [5, 5.41) is 0. The number of hydrogen-bond acceptors (Lipinski definition) is 3. The second kappa shape index (κ2) is 5.17. The summed E-state index contributed by atoms with van der Waals surface area (Å²) in [7, 11) is 0. The molecule has 1 aliphatic rings. The van der Waals surface area contributed by atoms with Gasteiger partial charge < -0.3 is 0 Å². The first-order chi connectivity index (χ1) is 7.31. The minimum Gasteiger partial charge on any atom is -0.293 e. The molecule has 0 saturated carbocycles. The van der Waals surface area contributed by atoms with E-state index in [0.29, 0.717) is 12.2 Å². The van der Waals surface area contributed by atoms with Gasteiger partial charge in [-0.1, -0.05) is 0 Å². The summed E-state index contributed by atoms with van der Waals surface area (Å²) in [6.45, 7) is 0. The van der Waals surface area contributed by atoms with Crippen LogP contribution in [0.1, 0.15) is 39.4 Å². The normalized spacial score (nSPS) is 15.0. The van der Waals surface area contributed by atoms with Gasteiger partial charge in [0.1, 0.15) is 0 Å². The minimum atomic E-state index is 0.337. The highest BCUT2D eigenvalue weighted by molar-refractivity contribution is 7.98. The van der Waals surface area contributed by atoms with Crippen LogP contribution in [0.4, 0.5) is 0 Å². The van der Waals surface area contributed by atoms with Crippen molar-refractivity contribution in [2.24, 2.45) is 0 Å². The van der Waals surface area contributed by atoms with Crippen LogP contribution in [0.5, 0.6) is 0 Å². The maximum Gasteiger partial charge on any atom is 0.173 e. The van der Waals surface area contributed by atoms with Gasteiger partial charge in [-0.15, -0.1) is 11.3 Å². The SMILES string of the molecule is CSCCC(=O)c1cc2c(s1)CCCC2. The topological polar surface area (TPSA) is 17.1 Å². The largest absolute Gasteiger partial charge is 0.293 e. The van der Waals surface area contributed by atoms with E-state index in [4.69, 9.17) is 0 Å². The highest BCUT2D eigenvalue weighted by atomic mass is 32.2. The number of hydrogen-bond donors (Lipinski definition) is 0. The smallest absolute Gasteiger partial charge is 0.173 e. The number of aryl methyl sites for hydroxylation is 2. The Labute approximate surface area is 99.3 Å². The first-order valence-corrected chi connectivity index (χ1v) is 7.66. The number of thiophene rings is 1. The number of Topliss-reactive ketones (excluding diaryl/α,β-unsaturated/α-hetero) is 1. The molecule has 0 fully saturated rings. The van der Waals surface area contributed by atoms with E-state index < -0.39 is 0 Å². The first-order valence-electron chi connectivity index (χ1n) is 5.45. The molecule has 1 aliphatic carbocycles. The summed E-state index contributed by atoms with van der Waals surface area (Å²) in [5.41, 5.74) is 1.44. The van der Waals surface area contributed by atoms with Gasteiger partial charge in [0.05, 0.1) is 4.88 Å². The molecular formula is C12H16OS2. The molecule has 2 rings (SSSR count). The van der Waals surface area contributed by atoms with Crippen molar-refractivity contribution >= 4 is 28.9 Å². The Morgan fingerprint density at radius 1 is 1.47 bits per heavy atom. The Morgan fingerprint density at radius 2 is 2.27 bits per heavy atom. The first kappa shape index (κ1) is 11.2. The van der Waals surface area contributed by atoms with Crippen molar-refractivity contribution in [2.45, 2.75) is 32.1 Å². The fourth-order valence-corrected chi connectivity index (χ4v) is 3.56. The lowest BCUT2D eigenvalue weighted by atomic mass is 9.99. The standard InChI is InChI=1S/C12H16OS2/c1-14-7-6-10(13)12-8-9-4-2-3-5-11(9)15-12/h8H,2-7H2,1H3. The van der Waals surface area contributed by atoms with Gasteiger partial charge >= 0.3 is 0 Å². The molecule has 15 heavy (non-hydrogen) atoms. The van der Waals surface area contributed by atoms with Gasteiger partial charge in [0.15, 0.2) is 5.78 Å². The number of fused-ring (bicyclic) bond motifs is 1. The molecule has 1 heterocycles. The zero-order valence-electron chi connectivity index (χ0n) is 9.04. The summed E-state index contributed by atoms with van der Waals surface area (Å²) in [5.74, 6) is 1.28. The number of carbonyl (C=O) groups is 1. The van der Waals surface area contributed by atoms with Crippen LogP contribution in [0.15, 0.2) is 6.07 Å². The van der Waals surface area contributed by atoms with Crippen LogP contribution in [0.25, 0.3) is 0 Å². The van der Waals surface area contributed by atoms with E-state index in [-0.39, 0.29) is 0 Å². The second-order valence-corrected chi connectivity index (χ2v) is 6.05. The summed E-state index contributed by atoms with van der Waals surface area (Å²) in [4.78, 5) is 14.3.